The second-order valence-corrected chi connectivity index (χ2v) is 5.38. The molecule has 0 aliphatic rings. The van der Waals surface area contributed by atoms with E-state index in [1.54, 1.807) is 32.1 Å². The Kier molecular flexibility index (Phi) is 7.21. The van der Waals surface area contributed by atoms with Crippen LogP contribution in [0.4, 0.5) is 0 Å². The average Bonchev–Trinajstić information content (AvgIpc) is 2.45. The number of phosphoric acid groups is 1. The standard InChI is InChI=1S/C14H18NO4P/c1-3-17-20(16,18-4-2)19-11-5-6-13-7-9-14(12-15)10-8-13/h5-10H,3-4,11H2,1-2H3/b6-5+. The van der Waals surface area contributed by atoms with E-state index in [9.17, 15) is 4.57 Å². The molecule has 0 atom stereocenters. The molecule has 108 valence electrons. The van der Waals surface area contributed by atoms with E-state index in [2.05, 4.69) is 6.07 Å². The van der Waals surface area contributed by atoms with E-state index in [1.165, 1.54) is 0 Å². The zero-order valence-electron chi connectivity index (χ0n) is 11.6. The average molecular weight is 295 g/mol. The molecule has 0 amide bonds. The van der Waals surface area contributed by atoms with Gasteiger partial charge >= 0.3 is 7.82 Å². The maximum atomic E-state index is 12.0. The summed E-state index contributed by atoms with van der Waals surface area (Å²) < 4.78 is 27.1. The first-order valence-corrected chi connectivity index (χ1v) is 7.80. The lowest BCUT2D eigenvalue weighted by atomic mass is 10.1. The second-order valence-electron chi connectivity index (χ2n) is 3.71. The Hall–Kier alpha value is -1.44. The summed E-state index contributed by atoms with van der Waals surface area (Å²) >= 11 is 0. The number of phosphoric ester groups is 1. The van der Waals surface area contributed by atoms with Crippen molar-refractivity contribution >= 4 is 13.9 Å². The predicted molar refractivity (Wildman–Crippen MR) is 77.0 cm³/mol. The maximum Gasteiger partial charge on any atom is 0.475 e. The van der Waals surface area contributed by atoms with Crippen LogP contribution in [-0.4, -0.2) is 19.8 Å². The Morgan fingerprint density at radius 3 is 2.25 bits per heavy atom. The number of rotatable bonds is 8. The Morgan fingerprint density at radius 2 is 1.75 bits per heavy atom. The minimum Gasteiger partial charge on any atom is -0.287 e. The van der Waals surface area contributed by atoms with E-state index in [0.717, 1.165) is 5.56 Å². The molecule has 1 rings (SSSR count). The summed E-state index contributed by atoms with van der Waals surface area (Å²) in [7, 11) is -3.45. The van der Waals surface area contributed by atoms with Crippen LogP contribution in [0.5, 0.6) is 0 Å². The third-order valence-corrected chi connectivity index (χ3v) is 3.87. The number of nitriles is 1. The SMILES string of the molecule is CCOP(=O)(OCC)OC/C=C/c1ccc(C#N)cc1. The van der Waals surface area contributed by atoms with Crippen molar-refractivity contribution in [3.05, 3.63) is 41.5 Å². The molecule has 0 aromatic heterocycles. The quantitative estimate of drug-likeness (QED) is 0.683. The molecular weight excluding hydrogens is 277 g/mol. The molecule has 0 heterocycles. The van der Waals surface area contributed by atoms with Crippen molar-refractivity contribution in [3.8, 4) is 6.07 Å². The first-order chi connectivity index (χ1) is 9.63. The summed E-state index contributed by atoms with van der Waals surface area (Å²) in [6.07, 6.45) is 3.52. The van der Waals surface area contributed by atoms with Crippen LogP contribution >= 0.6 is 7.82 Å². The van der Waals surface area contributed by atoms with Gasteiger partial charge in [-0.05, 0) is 31.5 Å². The van der Waals surface area contributed by atoms with E-state index in [0.29, 0.717) is 5.56 Å². The Morgan fingerprint density at radius 1 is 1.15 bits per heavy atom. The van der Waals surface area contributed by atoms with Crippen LogP contribution in [0.15, 0.2) is 30.3 Å². The molecule has 0 spiro atoms. The zero-order valence-corrected chi connectivity index (χ0v) is 12.5. The lowest BCUT2D eigenvalue weighted by molar-refractivity contribution is 0.131. The van der Waals surface area contributed by atoms with Gasteiger partial charge in [-0.2, -0.15) is 5.26 Å². The Bertz CT molecular complexity index is 509. The highest BCUT2D eigenvalue weighted by Gasteiger charge is 2.24. The van der Waals surface area contributed by atoms with Gasteiger partial charge in [-0.1, -0.05) is 24.3 Å². The molecule has 0 fully saturated rings. The molecule has 0 saturated heterocycles. The highest BCUT2D eigenvalue weighted by molar-refractivity contribution is 7.48. The summed E-state index contributed by atoms with van der Waals surface area (Å²) in [6.45, 7) is 4.09. The van der Waals surface area contributed by atoms with Crippen LogP contribution in [0.1, 0.15) is 25.0 Å². The van der Waals surface area contributed by atoms with Gasteiger partial charge in [-0.3, -0.25) is 13.6 Å². The van der Waals surface area contributed by atoms with Crippen molar-refractivity contribution in [2.75, 3.05) is 19.8 Å². The third kappa shape index (κ3) is 5.68. The molecule has 1 aromatic rings. The Labute approximate surface area is 119 Å². The van der Waals surface area contributed by atoms with E-state index in [1.807, 2.05) is 18.2 Å². The van der Waals surface area contributed by atoms with Gasteiger partial charge in [0.15, 0.2) is 0 Å². The number of hydrogen-bond acceptors (Lipinski definition) is 5. The van der Waals surface area contributed by atoms with Crippen LogP contribution in [-0.2, 0) is 18.1 Å². The molecule has 0 bridgehead atoms. The monoisotopic (exact) mass is 295 g/mol. The molecule has 0 unspecified atom stereocenters. The van der Waals surface area contributed by atoms with Crippen molar-refractivity contribution in [3.63, 3.8) is 0 Å². The molecule has 5 nitrogen and oxygen atoms in total. The van der Waals surface area contributed by atoms with E-state index in [-0.39, 0.29) is 19.8 Å². The van der Waals surface area contributed by atoms with E-state index >= 15 is 0 Å². The van der Waals surface area contributed by atoms with Crippen LogP contribution < -0.4 is 0 Å². The van der Waals surface area contributed by atoms with Crippen molar-refractivity contribution in [1.29, 1.82) is 5.26 Å². The molecule has 6 heteroatoms. The van der Waals surface area contributed by atoms with Crippen LogP contribution in [0.2, 0.25) is 0 Å². The van der Waals surface area contributed by atoms with E-state index < -0.39 is 7.82 Å². The summed E-state index contributed by atoms with van der Waals surface area (Å²) in [4.78, 5) is 0. The summed E-state index contributed by atoms with van der Waals surface area (Å²) in [5.74, 6) is 0. The lowest BCUT2D eigenvalue weighted by Gasteiger charge is -2.14. The van der Waals surface area contributed by atoms with E-state index in [4.69, 9.17) is 18.8 Å². The smallest absolute Gasteiger partial charge is 0.287 e. The van der Waals surface area contributed by atoms with Crippen molar-refractivity contribution in [1.82, 2.24) is 0 Å². The predicted octanol–water partition coefficient (Wildman–Crippen LogP) is 3.77. The fourth-order valence-corrected chi connectivity index (χ4v) is 2.54. The van der Waals surface area contributed by atoms with Crippen LogP contribution in [0, 0.1) is 11.3 Å². The highest BCUT2D eigenvalue weighted by atomic mass is 31.2. The number of benzene rings is 1. The van der Waals surface area contributed by atoms with Crippen LogP contribution in [0.3, 0.4) is 0 Å². The molecule has 20 heavy (non-hydrogen) atoms. The third-order valence-electron chi connectivity index (χ3n) is 2.25. The van der Waals surface area contributed by atoms with Gasteiger partial charge in [-0.15, -0.1) is 0 Å². The summed E-state index contributed by atoms with van der Waals surface area (Å²) in [5.41, 5.74) is 1.53. The number of hydrogen-bond donors (Lipinski definition) is 0. The van der Waals surface area contributed by atoms with Gasteiger partial charge < -0.3 is 0 Å². The fourth-order valence-electron chi connectivity index (χ4n) is 1.42. The fraction of sp³-hybridized carbons (Fsp3) is 0.357. The second kappa shape index (κ2) is 8.68. The maximum absolute atomic E-state index is 12.0. The molecule has 0 N–H and O–H groups in total. The minimum absolute atomic E-state index is 0.122. The molecule has 0 aliphatic heterocycles. The normalized spacial score (nSPS) is 11.7. The first-order valence-electron chi connectivity index (χ1n) is 6.34. The molecule has 0 saturated carbocycles. The van der Waals surface area contributed by atoms with Crippen molar-refractivity contribution in [2.24, 2.45) is 0 Å². The van der Waals surface area contributed by atoms with Gasteiger partial charge in [-0.25, -0.2) is 4.57 Å². The van der Waals surface area contributed by atoms with Gasteiger partial charge in [0.05, 0.1) is 31.5 Å². The molecule has 0 radical (unpaired) electrons. The summed E-state index contributed by atoms with van der Waals surface area (Å²) in [6, 6.07) is 9.15. The lowest BCUT2D eigenvalue weighted by Crippen LogP contribution is -2.00. The first kappa shape index (κ1) is 16.6. The van der Waals surface area contributed by atoms with Gasteiger partial charge in [0.1, 0.15) is 0 Å². The van der Waals surface area contributed by atoms with Gasteiger partial charge in [0.25, 0.3) is 0 Å². The highest BCUT2D eigenvalue weighted by Crippen LogP contribution is 2.49. The molecule has 0 aliphatic carbocycles. The van der Waals surface area contributed by atoms with Crippen LogP contribution in [0.25, 0.3) is 6.08 Å². The molecule has 1 aromatic carbocycles. The number of nitrogens with zero attached hydrogens (tertiary/aromatic N) is 1. The summed E-state index contributed by atoms with van der Waals surface area (Å²) in [5, 5.41) is 8.69. The van der Waals surface area contributed by atoms with Crippen molar-refractivity contribution in [2.45, 2.75) is 13.8 Å². The van der Waals surface area contributed by atoms with Crippen molar-refractivity contribution < 1.29 is 18.1 Å². The van der Waals surface area contributed by atoms with Gasteiger partial charge in [0, 0.05) is 0 Å². The van der Waals surface area contributed by atoms with Gasteiger partial charge in [0.2, 0.25) is 0 Å². The zero-order chi connectivity index (χ0) is 14.8. The minimum atomic E-state index is -3.45. The largest absolute Gasteiger partial charge is 0.475 e. The Balaban J connectivity index is 2.51. The topological polar surface area (TPSA) is 68.6 Å². The molecular formula is C14H18NO4P.